The number of fused-ring (bicyclic) bond motifs is 1. The molecule has 3 heteroatoms. The summed E-state index contributed by atoms with van der Waals surface area (Å²) in [6, 6.07) is 8.09. The summed E-state index contributed by atoms with van der Waals surface area (Å²) in [5.41, 5.74) is 3.09. The molecule has 2 aromatic rings. The molecule has 90 valence electrons. The molecule has 0 spiro atoms. The Labute approximate surface area is 102 Å². The van der Waals surface area contributed by atoms with Crippen LogP contribution < -0.4 is 10.1 Å². The van der Waals surface area contributed by atoms with E-state index in [0.29, 0.717) is 5.92 Å². The predicted octanol–water partition coefficient (Wildman–Crippen LogP) is 3.41. The molecule has 0 atom stereocenters. The lowest BCUT2D eigenvalue weighted by Gasteiger charge is -2.13. The van der Waals surface area contributed by atoms with Gasteiger partial charge in [0.15, 0.2) is 0 Å². The first kappa shape index (κ1) is 11.7. The predicted molar refractivity (Wildman–Crippen MR) is 71.9 cm³/mol. The first-order valence-electron chi connectivity index (χ1n) is 5.82. The van der Waals surface area contributed by atoms with Crippen molar-refractivity contribution in [3.8, 4) is 5.75 Å². The second kappa shape index (κ2) is 4.62. The minimum Gasteiger partial charge on any atom is -0.494 e. The van der Waals surface area contributed by atoms with Crippen molar-refractivity contribution in [2.75, 3.05) is 19.5 Å². The summed E-state index contributed by atoms with van der Waals surface area (Å²) in [6.45, 7) is 4.28. The number of para-hydroxylation sites is 1. The number of rotatable bonds is 3. The van der Waals surface area contributed by atoms with Crippen LogP contribution in [-0.4, -0.2) is 19.1 Å². The van der Waals surface area contributed by atoms with Crippen molar-refractivity contribution in [1.29, 1.82) is 0 Å². The number of aromatic nitrogens is 1. The zero-order chi connectivity index (χ0) is 12.4. The normalized spacial score (nSPS) is 10.9. The molecule has 0 aliphatic heterocycles. The van der Waals surface area contributed by atoms with Gasteiger partial charge in [0, 0.05) is 23.8 Å². The molecule has 0 saturated carbocycles. The molecule has 1 N–H and O–H groups in total. The Bertz CT molecular complexity index is 535. The number of benzene rings is 1. The van der Waals surface area contributed by atoms with Crippen molar-refractivity contribution in [2.45, 2.75) is 19.8 Å². The Morgan fingerprint density at radius 1 is 1.29 bits per heavy atom. The van der Waals surface area contributed by atoms with E-state index in [2.05, 4.69) is 36.3 Å². The Kier molecular flexibility index (Phi) is 3.18. The highest BCUT2D eigenvalue weighted by atomic mass is 16.5. The standard InChI is InChI=1S/C14H18N2O/c1-9(2)11-8-12(15-3)10-6-5-7-13(17-4)14(10)16-11/h5-9H,1-4H3,(H,15,16). The van der Waals surface area contributed by atoms with Crippen LogP contribution in [-0.2, 0) is 0 Å². The van der Waals surface area contributed by atoms with Gasteiger partial charge in [0.05, 0.1) is 7.11 Å². The van der Waals surface area contributed by atoms with E-state index in [1.807, 2.05) is 19.2 Å². The first-order valence-corrected chi connectivity index (χ1v) is 5.82. The molecule has 0 unspecified atom stereocenters. The topological polar surface area (TPSA) is 34.2 Å². The van der Waals surface area contributed by atoms with Gasteiger partial charge in [-0.3, -0.25) is 0 Å². The number of anilines is 1. The molecule has 17 heavy (non-hydrogen) atoms. The number of methoxy groups -OCH3 is 1. The SMILES string of the molecule is CNc1cc(C(C)C)nc2c(OC)cccc12. The Balaban J connectivity index is 2.78. The quantitative estimate of drug-likeness (QED) is 0.877. The summed E-state index contributed by atoms with van der Waals surface area (Å²) >= 11 is 0. The molecule has 2 rings (SSSR count). The van der Waals surface area contributed by atoms with E-state index in [1.54, 1.807) is 7.11 Å². The third-order valence-electron chi connectivity index (χ3n) is 2.90. The fraction of sp³-hybridized carbons (Fsp3) is 0.357. The highest BCUT2D eigenvalue weighted by Gasteiger charge is 2.10. The molecular weight excluding hydrogens is 212 g/mol. The largest absolute Gasteiger partial charge is 0.494 e. The van der Waals surface area contributed by atoms with Crippen LogP contribution in [0.25, 0.3) is 10.9 Å². The monoisotopic (exact) mass is 230 g/mol. The van der Waals surface area contributed by atoms with Gasteiger partial charge in [0.2, 0.25) is 0 Å². The Morgan fingerprint density at radius 3 is 2.65 bits per heavy atom. The molecule has 0 bridgehead atoms. The molecule has 3 nitrogen and oxygen atoms in total. The molecule has 0 aliphatic carbocycles. The Morgan fingerprint density at radius 2 is 2.06 bits per heavy atom. The number of nitrogens with zero attached hydrogens (tertiary/aromatic N) is 1. The van der Waals surface area contributed by atoms with Gasteiger partial charge in [-0.15, -0.1) is 0 Å². The lowest BCUT2D eigenvalue weighted by molar-refractivity contribution is 0.419. The maximum Gasteiger partial charge on any atom is 0.145 e. The van der Waals surface area contributed by atoms with Gasteiger partial charge in [0.25, 0.3) is 0 Å². The second-order valence-electron chi connectivity index (χ2n) is 4.36. The van der Waals surface area contributed by atoms with E-state index in [0.717, 1.165) is 28.0 Å². The maximum atomic E-state index is 5.37. The van der Waals surface area contributed by atoms with Crippen molar-refractivity contribution < 1.29 is 4.74 Å². The van der Waals surface area contributed by atoms with Crippen LogP contribution in [0.4, 0.5) is 5.69 Å². The van der Waals surface area contributed by atoms with E-state index < -0.39 is 0 Å². The van der Waals surface area contributed by atoms with E-state index in [9.17, 15) is 0 Å². The molecule has 1 aromatic heterocycles. The van der Waals surface area contributed by atoms with Crippen LogP contribution in [0.2, 0.25) is 0 Å². The molecule has 0 fully saturated rings. The molecule has 0 aliphatic rings. The molecular formula is C14H18N2O. The van der Waals surface area contributed by atoms with E-state index in [4.69, 9.17) is 4.74 Å². The lowest BCUT2D eigenvalue weighted by Crippen LogP contribution is -1.99. The average Bonchev–Trinajstić information content (AvgIpc) is 2.36. The highest BCUT2D eigenvalue weighted by molar-refractivity contribution is 5.95. The van der Waals surface area contributed by atoms with Gasteiger partial charge in [-0.1, -0.05) is 26.0 Å². The number of hydrogen-bond donors (Lipinski definition) is 1. The maximum absolute atomic E-state index is 5.37. The molecule has 0 amide bonds. The van der Waals surface area contributed by atoms with Crippen LogP contribution in [0.1, 0.15) is 25.5 Å². The van der Waals surface area contributed by atoms with E-state index in [-0.39, 0.29) is 0 Å². The molecule has 0 saturated heterocycles. The van der Waals surface area contributed by atoms with Gasteiger partial charge in [-0.2, -0.15) is 0 Å². The van der Waals surface area contributed by atoms with Crippen molar-refractivity contribution in [2.24, 2.45) is 0 Å². The van der Waals surface area contributed by atoms with Gasteiger partial charge in [-0.25, -0.2) is 4.98 Å². The summed E-state index contributed by atoms with van der Waals surface area (Å²) in [5, 5.41) is 4.31. The average molecular weight is 230 g/mol. The van der Waals surface area contributed by atoms with Crippen LogP contribution in [0, 0.1) is 0 Å². The number of hydrogen-bond acceptors (Lipinski definition) is 3. The summed E-state index contributed by atoms with van der Waals surface area (Å²) in [5.74, 6) is 1.22. The number of ether oxygens (including phenoxy) is 1. The molecule has 0 radical (unpaired) electrons. The summed E-state index contributed by atoms with van der Waals surface area (Å²) in [7, 11) is 3.61. The Hall–Kier alpha value is -1.77. The molecule has 1 aromatic carbocycles. The van der Waals surface area contributed by atoms with Crippen LogP contribution in [0.3, 0.4) is 0 Å². The number of nitrogens with one attached hydrogen (secondary N) is 1. The van der Waals surface area contributed by atoms with Gasteiger partial charge >= 0.3 is 0 Å². The fourth-order valence-electron chi connectivity index (χ4n) is 1.91. The van der Waals surface area contributed by atoms with Gasteiger partial charge in [0.1, 0.15) is 11.3 Å². The zero-order valence-electron chi connectivity index (χ0n) is 10.7. The van der Waals surface area contributed by atoms with Crippen molar-refractivity contribution >= 4 is 16.6 Å². The van der Waals surface area contributed by atoms with Crippen molar-refractivity contribution in [1.82, 2.24) is 4.98 Å². The van der Waals surface area contributed by atoms with Gasteiger partial charge in [-0.05, 0) is 18.1 Å². The minimum absolute atomic E-state index is 0.399. The lowest BCUT2D eigenvalue weighted by atomic mass is 10.1. The smallest absolute Gasteiger partial charge is 0.145 e. The zero-order valence-corrected chi connectivity index (χ0v) is 10.7. The van der Waals surface area contributed by atoms with Crippen molar-refractivity contribution in [3.63, 3.8) is 0 Å². The third-order valence-corrected chi connectivity index (χ3v) is 2.90. The molecule has 1 heterocycles. The van der Waals surface area contributed by atoms with Crippen LogP contribution in [0.15, 0.2) is 24.3 Å². The second-order valence-corrected chi connectivity index (χ2v) is 4.36. The highest BCUT2D eigenvalue weighted by Crippen LogP contribution is 2.31. The third kappa shape index (κ3) is 2.05. The van der Waals surface area contributed by atoms with Crippen LogP contribution in [0.5, 0.6) is 5.75 Å². The summed E-state index contributed by atoms with van der Waals surface area (Å²) in [6.07, 6.45) is 0. The van der Waals surface area contributed by atoms with Gasteiger partial charge < -0.3 is 10.1 Å². The summed E-state index contributed by atoms with van der Waals surface area (Å²) in [4.78, 5) is 4.69. The minimum atomic E-state index is 0.399. The fourth-order valence-corrected chi connectivity index (χ4v) is 1.91. The number of pyridine rings is 1. The first-order chi connectivity index (χ1) is 8.17. The van der Waals surface area contributed by atoms with Crippen LogP contribution >= 0.6 is 0 Å². The van der Waals surface area contributed by atoms with E-state index >= 15 is 0 Å². The summed E-state index contributed by atoms with van der Waals surface area (Å²) < 4.78 is 5.37. The van der Waals surface area contributed by atoms with E-state index in [1.165, 1.54) is 0 Å². The van der Waals surface area contributed by atoms with Crippen molar-refractivity contribution in [3.05, 3.63) is 30.0 Å².